The summed E-state index contributed by atoms with van der Waals surface area (Å²) in [5.41, 5.74) is 4.66. The van der Waals surface area contributed by atoms with Gasteiger partial charge in [-0.3, -0.25) is 0 Å². The van der Waals surface area contributed by atoms with Crippen LogP contribution >= 0.6 is 0 Å². The summed E-state index contributed by atoms with van der Waals surface area (Å²) >= 11 is 0. The fourth-order valence-electron chi connectivity index (χ4n) is 3.42. The van der Waals surface area contributed by atoms with E-state index in [9.17, 15) is 0 Å². The van der Waals surface area contributed by atoms with Gasteiger partial charge in [0.25, 0.3) is 0 Å². The summed E-state index contributed by atoms with van der Waals surface area (Å²) in [4.78, 5) is 2.32. The second-order valence-electron chi connectivity index (χ2n) is 6.65. The van der Waals surface area contributed by atoms with E-state index in [2.05, 4.69) is 114 Å². The fraction of sp³-hybridized carbons (Fsp3) is 0.0370. The van der Waals surface area contributed by atoms with Gasteiger partial charge in [0.05, 0.1) is 5.69 Å². The van der Waals surface area contributed by atoms with Gasteiger partial charge < -0.3 is 4.90 Å². The molecule has 0 fully saturated rings. The summed E-state index contributed by atoms with van der Waals surface area (Å²) in [5.74, 6) is 0. The van der Waals surface area contributed by atoms with Crippen LogP contribution in [0.25, 0.3) is 16.8 Å². The largest absolute Gasteiger partial charge is 0.310 e. The first-order valence-electron chi connectivity index (χ1n) is 9.59. The molecule has 4 aromatic rings. The predicted octanol–water partition coefficient (Wildman–Crippen LogP) is 7.90. The van der Waals surface area contributed by atoms with Crippen LogP contribution in [0.2, 0.25) is 0 Å². The first-order chi connectivity index (χ1) is 13.9. The van der Waals surface area contributed by atoms with Crippen molar-refractivity contribution in [3.05, 3.63) is 121 Å². The Balaban J connectivity index is 1.83. The van der Waals surface area contributed by atoms with Crippen molar-refractivity contribution in [3.8, 4) is 0 Å². The molecule has 4 aromatic carbocycles. The number of para-hydroxylation sites is 1. The van der Waals surface area contributed by atoms with Gasteiger partial charge in [0, 0.05) is 16.8 Å². The summed E-state index contributed by atoms with van der Waals surface area (Å²) in [7, 11) is 0. The van der Waals surface area contributed by atoms with Crippen LogP contribution in [0.4, 0.5) is 17.1 Å². The van der Waals surface area contributed by atoms with Gasteiger partial charge in [0.2, 0.25) is 0 Å². The zero-order valence-corrected chi connectivity index (χ0v) is 16.0. The van der Waals surface area contributed by atoms with E-state index in [0.717, 1.165) is 11.4 Å². The van der Waals surface area contributed by atoms with E-state index in [1.54, 1.807) is 0 Å². The Hall–Kier alpha value is -3.58. The van der Waals surface area contributed by atoms with E-state index >= 15 is 0 Å². The van der Waals surface area contributed by atoms with Gasteiger partial charge in [-0.25, -0.2) is 0 Å². The SMILES string of the molecule is C/C=C\C=C/c1ccc(N(c2ccccc2)c2cccc3ccccc23)cc1. The summed E-state index contributed by atoms with van der Waals surface area (Å²) in [6.45, 7) is 2.02. The topological polar surface area (TPSA) is 3.24 Å². The number of fused-ring (bicyclic) bond motifs is 1. The van der Waals surface area contributed by atoms with Gasteiger partial charge in [-0.2, -0.15) is 0 Å². The Morgan fingerprint density at radius 2 is 1.29 bits per heavy atom. The quantitative estimate of drug-likeness (QED) is 0.327. The van der Waals surface area contributed by atoms with E-state index < -0.39 is 0 Å². The molecule has 0 aromatic heterocycles. The minimum absolute atomic E-state index is 1.14. The molecule has 0 N–H and O–H groups in total. The Kier molecular flexibility index (Phi) is 5.35. The molecular formula is C27H23N. The van der Waals surface area contributed by atoms with Crippen molar-refractivity contribution in [2.45, 2.75) is 6.92 Å². The highest BCUT2D eigenvalue weighted by molar-refractivity contribution is 5.98. The summed E-state index contributed by atoms with van der Waals surface area (Å²) < 4.78 is 0. The Labute approximate surface area is 166 Å². The normalized spacial score (nSPS) is 11.5. The van der Waals surface area contributed by atoms with Crippen molar-refractivity contribution in [2.24, 2.45) is 0 Å². The maximum Gasteiger partial charge on any atom is 0.0540 e. The van der Waals surface area contributed by atoms with Gasteiger partial charge in [-0.05, 0) is 48.2 Å². The van der Waals surface area contributed by atoms with Crippen LogP contribution in [0.1, 0.15) is 12.5 Å². The molecule has 0 radical (unpaired) electrons. The first kappa shape index (κ1) is 17.8. The minimum Gasteiger partial charge on any atom is -0.310 e. The van der Waals surface area contributed by atoms with Gasteiger partial charge in [0.15, 0.2) is 0 Å². The highest BCUT2D eigenvalue weighted by Gasteiger charge is 2.14. The maximum absolute atomic E-state index is 2.32. The summed E-state index contributed by atoms with van der Waals surface area (Å²) in [6, 6.07) is 34.3. The lowest BCUT2D eigenvalue weighted by molar-refractivity contribution is 1.30. The molecule has 28 heavy (non-hydrogen) atoms. The molecule has 0 spiro atoms. The molecule has 1 nitrogen and oxygen atoms in total. The molecule has 0 saturated heterocycles. The van der Waals surface area contributed by atoms with Gasteiger partial charge in [-0.1, -0.05) is 91.0 Å². The number of allylic oxidation sites excluding steroid dienone is 3. The molecule has 0 bridgehead atoms. The number of hydrogen-bond acceptors (Lipinski definition) is 1. The first-order valence-corrected chi connectivity index (χ1v) is 9.59. The van der Waals surface area contributed by atoms with Crippen molar-refractivity contribution in [1.29, 1.82) is 0 Å². The molecule has 0 aliphatic heterocycles. The highest BCUT2D eigenvalue weighted by Crippen LogP contribution is 2.38. The number of anilines is 3. The Morgan fingerprint density at radius 1 is 0.607 bits per heavy atom. The van der Waals surface area contributed by atoms with Crippen LogP contribution in [-0.2, 0) is 0 Å². The molecule has 1 heteroatoms. The molecular weight excluding hydrogens is 338 g/mol. The second-order valence-corrected chi connectivity index (χ2v) is 6.65. The third-order valence-electron chi connectivity index (χ3n) is 4.77. The summed E-state index contributed by atoms with van der Waals surface area (Å²) in [6.07, 6.45) is 8.26. The Bertz CT molecular complexity index is 1100. The van der Waals surface area contributed by atoms with Crippen LogP contribution in [0.3, 0.4) is 0 Å². The van der Waals surface area contributed by atoms with Crippen LogP contribution < -0.4 is 4.90 Å². The molecule has 0 saturated carbocycles. The average molecular weight is 361 g/mol. The van der Waals surface area contributed by atoms with E-state index in [1.165, 1.54) is 22.0 Å². The number of nitrogens with zero attached hydrogens (tertiary/aromatic N) is 1. The second kappa shape index (κ2) is 8.41. The van der Waals surface area contributed by atoms with Crippen molar-refractivity contribution < 1.29 is 0 Å². The van der Waals surface area contributed by atoms with Crippen LogP contribution in [0.15, 0.2) is 115 Å². The summed E-state index contributed by atoms with van der Waals surface area (Å²) in [5, 5.41) is 2.48. The highest BCUT2D eigenvalue weighted by atomic mass is 15.1. The van der Waals surface area contributed by atoms with Gasteiger partial charge >= 0.3 is 0 Å². The molecule has 0 atom stereocenters. The lowest BCUT2D eigenvalue weighted by Gasteiger charge is -2.27. The smallest absolute Gasteiger partial charge is 0.0540 e. The molecule has 0 unspecified atom stereocenters. The van der Waals surface area contributed by atoms with Crippen molar-refractivity contribution >= 4 is 33.9 Å². The third-order valence-corrected chi connectivity index (χ3v) is 4.77. The zero-order valence-electron chi connectivity index (χ0n) is 16.0. The van der Waals surface area contributed by atoms with Gasteiger partial charge in [-0.15, -0.1) is 0 Å². The van der Waals surface area contributed by atoms with E-state index in [-0.39, 0.29) is 0 Å². The Morgan fingerprint density at radius 3 is 2.07 bits per heavy atom. The third kappa shape index (κ3) is 3.74. The number of rotatable bonds is 5. The van der Waals surface area contributed by atoms with E-state index in [4.69, 9.17) is 0 Å². The van der Waals surface area contributed by atoms with E-state index in [0.29, 0.717) is 0 Å². The van der Waals surface area contributed by atoms with Crippen LogP contribution in [-0.4, -0.2) is 0 Å². The molecule has 0 heterocycles. The molecule has 0 aliphatic rings. The standard InChI is InChI=1S/C27H23N/c1-2-3-5-11-22-18-20-25(21-19-22)28(24-14-6-4-7-15-24)27-17-10-13-23-12-8-9-16-26(23)27/h2-21H,1H3/b3-2-,11-5-. The van der Waals surface area contributed by atoms with Crippen molar-refractivity contribution in [2.75, 3.05) is 4.90 Å². The van der Waals surface area contributed by atoms with Crippen molar-refractivity contribution in [3.63, 3.8) is 0 Å². The number of benzene rings is 4. The van der Waals surface area contributed by atoms with Crippen LogP contribution in [0.5, 0.6) is 0 Å². The maximum atomic E-state index is 2.32. The lowest BCUT2D eigenvalue weighted by Crippen LogP contribution is -2.10. The molecule has 4 rings (SSSR count). The lowest BCUT2D eigenvalue weighted by atomic mass is 10.1. The average Bonchev–Trinajstić information content (AvgIpc) is 2.76. The van der Waals surface area contributed by atoms with Crippen molar-refractivity contribution in [1.82, 2.24) is 0 Å². The van der Waals surface area contributed by atoms with Crippen LogP contribution in [0, 0.1) is 0 Å². The molecule has 136 valence electrons. The molecule has 0 amide bonds. The van der Waals surface area contributed by atoms with E-state index in [1.807, 2.05) is 19.1 Å². The zero-order chi connectivity index (χ0) is 19.2. The predicted molar refractivity (Wildman–Crippen MR) is 122 cm³/mol. The van der Waals surface area contributed by atoms with Gasteiger partial charge in [0.1, 0.15) is 0 Å². The monoisotopic (exact) mass is 361 g/mol. The fourth-order valence-corrected chi connectivity index (χ4v) is 3.42. The molecule has 0 aliphatic carbocycles. The number of hydrogen-bond donors (Lipinski definition) is 0. The minimum atomic E-state index is 1.14.